The molecule has 0 bridgehead atoms. The number of nitrogens with one attached hydrogen (secondary N) is 2. The van der Waals surface area contributed by atoms with Crippen molar-refractivity contribution in [2.24, 2.45) is 12.0 Å². The predicted octanol–water partition coefficient (Wildman–Crippen LogP) is 3.69. The molecular formula is C24H33FIN7. The van der Waals surface area contributed by atoms with Crippen molar-refractivity contribution in [1.29, 1.82) is 0 Å². The second-order valence-electron chi connectivity index (χ2n) is 7.73. The minimum absolute atomic E-state index is 0. The molecule has 0 aliphatic rings. The molecular weight excluding hydrogens is 532 g/mol. The molecule has 0 amide bonds. The molecule has 0 aliphatic heterocycles. The number of nitrogens with zero attached hydrogens (tertiary/aromatic N) is 5. The summed E-state index contributed by atoms with van der Waals surface area (Å²) < 4.78 is 15.4. The summed E-state index contributed by atoms with van der Waals surface area (Å²) in [6.07, 6.45) is 1.66. The molecule has 33 heavy (non-hydrogen) atoms. The average Bonchev–Trinajstić information content (AvgIpc) is 3.12. The van der Waals surface area contributed by atoms with Crippen molar-refractivity contribution in [3.63, 3.8) is 0 Å². The lowest BCUT2D eigenvalue weighted by Gasteiger charge is -2.19. The third-order valence-electron chi connectivity index (χ3n) is 5.32. The number of aliphatic imine (C=N–C) groups is 1. The number of aryl methyl sites for hydroxylation is 1. The summed E-state index contributed by atoms with van der Waals surface area (Å²) >= 11 is 0. The molecule has 1 aromatic heterocycles. The van der Waals surface area contributed by atoms with Crippen molar-refractivity contribution in [3.8, 4) is 0 Å². The Morgan fingerprint density at radius 2 is 1.82 bits per heavy atom. The van der Waals surface area contributed by atoms with Crippen molar-refractivity contribution >= 4 is 35.6 Å². The first-order valence-corrected chi connectivity index (χ1v) is 10.9. The summed E-state index contributed by atoms with van der Waals surface area (Å²) in [5.41, 5.74) is 2.15. The van der Waals surface area contributed by atoms with Gasteiger partial charge in [-0.25, -0.2) is 9.38 Å². The highest BCUT2D eigenvalue weighted by atomic mass is 127. The third-order valence-corrected chi connectivity index (χ3v) is 5.32. The molecule has 2 N–H and O–H groups in total. The summed E-state index contributed by atoms with van der Waals surface area (Å²) in [7, 11) is 4.03. The molecule has 0 fully saturated rings. The van der Waals surface area contributed by atoms with E-state index in [2.05, 4.69) is 49.9 Å². The molecule has 2 aromatic carbocycles. The summed E-state index contributed by atoms with van der Waals surface area (Å²) in [6, 6.07) is 17.0. The minimum Gasteiger partial charge on any atom is -0.375 e. The monoisotopic (exact) mass is 565 g/mol. The van der Waals surface area contributed by atoms with Gasteiger partial charge in [0.15, 0.2) is 11.8 Å². The van der Waals surface area contributed by atoms with Crippen LogP contribution in [0.1, 0.15) is 23.6 Å². The minimum atomic E-state index is -0.213. The maximum absolute atomic E-state index is 13.4. The Balaban J connectivity index is 0.00000385. The van der Waals surface area contributed by atoms with Crippen molar-refractivity contribution in [2.75, 3.05) is 31.6 Å². The van der Waals surface area contributed by atoms with Crippen molar-refractivity contribution < 1.29 is 4.39 Å². The smallest absolute Gasteiger partial charge is 0.191 e. The van der Waals surface area contributed by atoms with Gasteiger partial charge in [0, 0.05) is 39.4 Å². The molecule has 0 saturated heterocycles. The van der Waals surface area contributed by atoms with E-state index < -0.39 is 0 Å². The Labute approximate surface area is 212 Å². The van der Waals surface area contributed by atoms with E-state index >= 15 is 0 Å². The van der Waals surface area contributed by atoms with Crippen LogP contribution >= 0.6 is 24.0 Å². The van der Waals surface area contributed by atoms with Gasteiger partial charge in [0.2, 0.25) is 0 Å². The van der Waals surface area contributed by atoms with Gasteiger partial charge in [-0.3, -0.25) is 0 Å². The van der Waals surface area contributed by atoms with Gasteiger partial charge in [-0.1, -0.05) is 30.3 Å². The molecule has 0 saturated carbocycles. The van der Waals surface area contributed by atoms with Crippen LogP contribution in [-0.4, -0.2) is 47.4 Å². The average molecular weight is 565 g/mol. The van der Waals surface area contributed by atoms with E-state index in [0.717, 1.165) is 36.7 Å². The van der Waals surface area contributed by atoms with Crippen LogP contribution in [0, 0.1) is 12.7 Å². The zero-order chi connectivity index (χ0) is 22.8. The zero-order valence-electron chi connectivity index (χ0n) is 19.5. The van der Waals surface area contributed by atoms with E-state index in [1.54, 1.807) is 12.1 Å². The number of benzene rings is 2. The Morgan fingerprint density at radius 1 is 1.06 bits per heavy atom. The van der Waals surface area contributed by atoms with Crippen LogP contribution < -0.4 is 15.5 Å². The lowest BCUT2D eigenvalue weighted by Crippen LogP contribution is -2.39. The highest BCUT2D eigenvalue weighted by molar-refractivity contribution is 14.0. The predicted molar refractivity (Wildman–Crippen MR) is 143 cm³/mol. The Hall–Kier alpha value is -2.69. The van der Waals surface area contributed by atoms with E-state index in [0.29, 0.717) is 25.5 Å². The lowest BCUT2D eigenvalue weighted by molar-refractivity contribution is 0.625. The van der Waals surface area contributed by atoms with E-state index in [1.807, 2.05) is 42.8 Å². The van der Waals surface area contributed by atoms with E-state index in [-0.39, 0.29) is 29.8 Å². The molecule has 3 aromatic rings. The second-order valence-corrected chi connectivity index (χ2v) is 7.73. The zero-order valence-corrected chi connectivity index (χ0v) is 21.8. The van der Waals surface area contributed by atoms with E-state index in [1.165, 1.54) is 11.8 Å². The Kier molecular flexibility index (Phi) is 11.1. The van der Waals surface area contributed by atoms with Gasteiger partial charge in [-0.05, 0) is 49.6 Å². The van der Waals surface area contributed by atoms with Crippen molar-refractivity contribution in [2.45, 2.75) is 26.3 Å². The molecule has 0 radical (unpaired) electrons. The molecule has 7 nitrogen and oxygen atoms in total. The molecule has 178 valence electrons. The molecule has 3 rings (SSSR count). The molecule has 1 heterocycles. The number of para-hydroxylation sites is 1. The highest BCUT2D eigenvalue weighted by Crippen LogP contribution is 2.10. The van der Waals surface area contributed by atoms with Crippen LogP contribution in [0.4, 0.5) is 10.1 Å². The van der Waals surface area contributed by atoms with Crippen molar-refractivity contribution in [3.05, 3.63) is 77.6 Å². The number of aromatic nitrogens is 3. The highest BCUT2D eigenvalue weighted by Gasteiger charge is 2.06. The number of guanidine groups is 1. The first kappa shape index (κ1) is 26.6. The second kappa shape index (κ2) is 13.8. The van der Waals surface area contributed by atoms with Gasteiger partial charge in [0.25, 0.3) is 0 Å². The first-order chi connectivity index (χ1) is 15.5. The Bertz CT molecular complexity index is 1010. The topological polar surface area (TPSA) is 70.4 Å². The largest absolute Gasteiger partial charge is 0.375 e. The maximum atomic E-state index is 13.4. The molecule has 9 heteroatoms. The number of rotatable bonds is 10. The van der Waals surface area contributed by atoms with Gasteiger partial charge >= 0.3 is 0 Å². The number of anilines is 1. The van der Waals surface area contributed by atoms with E-state index in [4.69, 9.17) is 0 Å². The maximum Gasteiger partial charge on any atom is 0.191 e. The SMILES string of the molecule is Cc1nnc(CN=C(NCCCN(C)c2ccccc2)NCCc2cccc(F)c2)n1C.I. The molecule has 0 atom stereocenters. The van der Waals surface area contributed by atoms with Crippen LogP contribution in [0.5, 0.6) is 0 Å². The fourth-order valence-corrected chi connectivity index (χ4v) is 3.27. The van der Waals surface area contributed by atoms with Crippen LogP contribution in [0.25, 0.3) is 0 Å². The van der Waals surface area contributed by atoms with Gasteiger partial charge in [0.05, 0.1) is 0 Å². The van der Waals surface area contributed by atoms with Gasteiger partial charge in [-0.15, -0.1) is 34.2 Å². The number of halogens is 2. The number of hydrogen-bond donors (Lipinski definition) is 2. The van der Waals surface area contributed by atoms with Crippen LogP contribution in [0.15, 0.2) is 59.6 Å². The summed E-state index contributed by atoms with van der Waals surface area (Å²) in [4.78, 5) is 6.91. The normalized spacial score (nSPS) is 11.1. The number of hydrogen-bond acceptors (Lipinski definition) is 4. The molecule has 0 spiro atoms. The molecule has 0 aliphatic carbocycles. The van der Waals surface area contributed by atoms with Gasteiger partial charge < -0.3 is 20.1 Å². The fourth-order valence-electron chi connectivity index (χ4n) is 3.27. The Morgan fingerprint density at radius 3 is 2.52 bits per heavy atom. The van der Waals surface area contributed by atoms with Crippen LogP contribution in [-0.2, 0) is 20.0 Å². The first-order valence-electron chi connectivity index (χ1n) is 10.9. The van der Waals surface area contributed by atoms with Crippen LogP contribution in [0.3, 0.4) is 0 Å². The lowest BCUT2D eigenvalue weighted by atomic mass is 10.1. The quantitative estimate of drug-likeness (QED) is 0.170. The van der Waals surface area contributed by atoms with Gasteiger partial charge in [-0.2, -0.15) is 0 Å². The fraction of sp³-hybridized carbons (Fsp3) is 0.375. The van der Waals surface area contributed by atoms with Crippen molar-refractivity contribution in [1.82, 2.24) is 25.4 Å². The van der Waals surface area contributed by atoms with Crippen LogP contribution in [0.2, 0.25) is 0 Å². The van der Waals surface area contributed by atoms with E-state index in [9.17, 15) is 4.39 Å². The molecule has 0 unspecified atom stereocenters. The van der Waals surface area contributed by atoms with Gasteiger partial charge in [0.1, 0.15) is 18.2 Å². The third kappa shape index (κ3) is 8.64. The summed E-state index contributed by atoms with van der Waals surface area (Å²) in [6.45, 7) is 4.70. The standard InChI is InChI=1S/C24H32FN7.HI/c1-19-29-30-23(32(19)3)18-28-24(27-15-13-20-9-7-10-21(25)17-20)26-14-8-16-31(2)22-11-5-4-6-12-22;/h4-7,9-12,17H,8,13-16,18H2,1-3H3,(H2,26,27,28);1H. The summed E-state index contributed by atoms with van der Waals surface area (Å²) in [5.74, 6) is 2.16. The summed E-state index contributed by atoms with van der Waals surface area (Å²) in [5, 5.41) is 15.0.